The number of hydrogen-bond donors (Lipinski definition) is 1. The lowest BCUT2D eigenvalue weighted by molar-refractivity contribution is 0.0929. The van der Waals surface area contributed by atoms with Gasteiger partial charge >= 0.3 is 0 Å². The van der Waals surface area contributed by atoms with Gasteiger partial charge in [0.15, 0.2) is 11.5 Å². The smallest absolute Gasteiger partial charge is 0.273 e. The molecular formula is C25H29N3O3. The molecule has 0 radical (unpaired) electrons. The lowest BCUT2D eigenvalue weighted by Gasteiger charge is -2.28. The predicted molar refractivity (Wildman–Crippen MR) is 120 cm³/mol. The molecule has 6 heteroatoms. The van der Waals surface area contributed by atoms with Gasteiger partial charge < -0.3 is 14.6 Å². The molecular weight excluding hydrogens is 390 g/mol. The van der Waals surface area contributed by atoms with Crippen LogP contribution in [0.3, 0.4) is 0 Å². The Balaban J connectivity index is 1.44. The molecule has 1 aromatic heterocycles. The van der Waals surface area contributed by atoms with Crippen molar-refractivity contribution < 1.29 is 14.1 Å². The minimum Gasteiger partial charge on any atom is -0.497 e. The van der Waals surface area contributed by atoms with E-state index in [0.29, 0.717) is 12.3 Å². The number of carbonyl (C=O) groups is 1. The Kier molecular flexibility index (Phi) is 6.67. The minimum atomic E-state index is -0.224. The van der Waals surface area contributed by atoms with E-state index in [4.69, 9.17) is 9.26 Å². The molecule has 4 rings (SSSR count). The van der Waals surface area contributed by atoms with Crippen LogP contribution >= 0.6 is 0 Å². The third-order valence-corrected chi connectivity index (χ3v) is 5.93. The Bertz CT molecular complexity index is 990. The molecule has 1 N–H and O–H groups in total. The maximum absolute atomic E-state index is 12.8. The van der Waals surface area contributed by atoms with Gasteiger partial charge in [0, 0.05) is 18.2 Å². The Hall–Kier alpha value is -3.12. The minimum absolute atomic E-state index is 0.158. The van der Waals surface area contributed by atoms with Crippen LogP contribution in [0.25, 0.3) is 11.3 Å². The van der Waals surface area contributed by atoms with Gasteiger partial charge in [-0.2, -0.15) is 0 Å². The van der Waals surface area contributed by atoms with Crippen molar-refractivity contribution in [2.45, 2.75) is 32.2 Å². The summed E-state index contributed by atoms with van der Waals surface area (Å²) in [5.41, 5.74) is 3.69. The Morgan fingerprint density at radius 1 is 1.13 bits per heavy atom. The van der Waals surface area contributed by atoms with E-state index in [2.05, 4.69) is 46.6 Å². The summed E-state index contributed by atoms with van der Waals surface area (Å²) in [5.74, 6) is 1.10. The molecule has 162 valence electrons. The van der Waals surface area contributed by atoms with Crippen molar-refractivity contribution >= 4 is 5.91 Å². The maximum Gasteiger partial charge on any atom is 0.273 e. The van der Waals surface area contributed by atoms with E-state index in [1.807, 2.05) is 24.3 Å². The van der Waals surface area contributed by atoms with Gasteiger partial charge in [-0.1, -0.05) is 36.3 Å². The van der Waals surface area contributed by atoms with E-state index in [9.17, 15) is 4.79 Å². The number of aryl methyl sites for hydroxylation is 1. The van der Waals surface area contributed by atoms with Crippen LogP contribution in [0.2, 0.25) is 0 Å². The zero-order valence-corrected chi connectivity index (χ0v) is 18.1. The number of hydrogen-bond acceptors (Lipinski definition) is 5. The van der Waals surface area contributed by atoms with Crippen LogP contribution in [0.1, 0.15) is 47.4 Å². The molecule has 0 saturated carbocycles. The Labute approximate surface area is 183 Å². The zero-order chi connectivity index (χ0) is 21.6. The van der Waals surface area contributed by atoms with Crippen molar-refractivity contribution in [3.63, 3.8) is 0 Å². The number of nitrogens with zero attached hydrogens (tertiary/aromatic N) is 2. The third-order valence-electron chi connectivity index (χ3n) is 5.93. The second-order valence-electron chi connectivity index (χ2n) is 7.87. The second kappa shape index (κ2) is 9.79. The third kappa shape index (κ3) is 4.97. The second-order valence-corrected chi connectivity index (χ2v) is 7.87. The number of nitrogens with one attached hydrogen (secondary N) is 1. The molecule has 2 aromatic carbocycles. The van der Waals surface area contributed by atoms with Crippen LogP contribution in [0.5, 0.6) is 5.75 Å². The van der Waals surface area contributed by atoms with Crippen molar-refractivity contribution in [1.82, 2.24) is 15.4 Å². The molecule has 2 heterocycles. The topological polar surface area (TPSA) is 67.6 Å². The summed E-state index contributed by atoms with van der Waals surface area (Å²) < 4.78 is 10.6. The summed E-state index contributed by atoms with van der Waals surface area (Å²) in [6.45, 7) is 4.81. The van der Waals surface area contributed by atoms with E-state index in [1.165, 1.54) is 24.0 Å². The number of benzene rings is 2. The average molecular weight is 420 g/mol. The fourth-order valence-corrected chi connectivity index (χ4v) is 4.04. The SMILES string of the molecule is CCc1ccc([C@@H](CNC(=O)c2cc(-c3ccc(OC)cc3)on2)N2CCCC2)cc1. The molecule has 0 unspecified atom stereocenters. The first kappa shape index (κ1) is 21.1. The first-order chi connectivity index (χ1) is 15.2. The number of ether oxygens (including phenoxy) is 1. The van der Waals surface area contributed by atoms with Crippen LogP contribution in [0, 0.1) is 0 Å². The van der Waals surface area contributed by atoms with E-state index in [0.717, 1.165) is 30.8 Å². The average Bonchev–Trinajstić information content (AvgIpc) is 3.52. The number of methoxy groups -OCH3 is 1. The highest BCUT2D eigenvalue weighted by Gasteiger charge is 2.24. The van der Waals surface area contributed by atoms with E-state index < -0.39 is 0 Å². The Morgan fingerprint density at radius 2 is 1.84 bits per heavy atom. The van der Waals surface area contributed by atoms with Crippen LogP contribution in [-0.2, 0) is 6.42 Å². The number of aromatic nitrogens is 1. The fourth-order valence-electron chi connectivity index (χ4n) is 4.04. The largest absolute Gasteiger partial charge is 0.497 e. The van der Waals surface area contributed by atoms with Gasteiger partial charge in [0.1, 0.15) is 5.75 Å². The standard InChI is InChI=1S/C25H29N3O3/c1-3-18-6-8-19(9-7-18)23(28-14-4-5-15-28)17-26-25(29)22-16-24(31-27-22)20-10-12-21(30-2)13-11-20/h6-13,16,23H,3-5,14-15,17H2,1-2H3,(H,26,29)/t23-/m1/s1. The maximum atomic E-state index is 12.8. The van der Waals surface area contributed by atoms with Crippen LogP contribution in [0.15, 0.2) is 59.1 Å². The summed E-state index contributed by atoms with van der Waals surface area (Å²) in [6.07, 6.45) is 3.42. The van der Waals surface area contributed by atoms with E-state index >= 15 is 0 Å². The van der Waals surface area contributed by atoms with Gasteiger partial charge in [0.05, 0.1) is 13.2 Å². The number of carbonyl (C=O) groups excluding carboxylic acids is 1. The first-order valence-corrected chi connectivity index (χ1v) is 10.9. The number of amides is 1. The molecule has 1 amide bonds. The Morgan fingerprint density at radius 3 is 2.48 bits per heavy atom. The zero-order valence-electron chi connectivity index (χ0n) is 18.1. The lowest BCUT2D eigenvalue weighted by atomic mass is 10.0. The molecule has 1 fully saturated rings. The van der Waals surface area contributed by atoms with E-state index in [1.54, 1.807) is 13.2 Å². The van der Waals surface area contributed by atoms with Gasteiger partial charge in [-0.05, 0) is 67.7 Å². The molecule has 6 nitrogen and oxygen atoms in total. The molecule has 0 aliphatic carbocycles. The highest BCUT2D eigenvalue weighted by molar-refractivity contribution is 5.93. The normalized spacial score (nSPS) is 15.0. The van der Waals surface area contributed by atoms with Gasteiger partial charge in [-0.15, -0.1) is 0 Å². The van der Waals surface area contributed by atoms with Gasteiger partial charge in [-0.3, -0.25) is 9.69 Å². The summed E-state index contributed by atoms with van der Waals surface area (Å²) in [5, 5.41) is 7.04. The first-order valence-electron chi connectivity index (χ1n) is 10.9. The molecule has 0 bridgehead atoms. The molecule has 3 aromatic rings. The fraction of sp³-hybridized carbons (Fsp3) is 0.360. The van der Waals surface area contributed by atoms with Gasteiger partial charge in [0.2, 0.25) is 0 Å². The number of rotatable bonds is 8. The molecule has 1 aliphatic rings. The van der Waals surface area contributed by atoms with Crippen LogP contribution < -0.4 is 10.1 Å². The van der Waals surface area contributed by atoms with Crippen molar-refractivity contribution in [2.75, 3.05) is 26.7 Å². The van der Waals surface area contributed by atoms with Gasteiger partial charge in [0.25, 0.3) is 5.91 Å². The molecule has 0 spiro atoms. The lowest BCUT2D eigenvalue weighted by Crippen LogP contribution is -2.36. The number of likely N-dealkylation sites (tertiary alicyclic amines) is 1. The molecule has 31 heavy (non-hydrogen) atoms. The summed E-state index contributed by atoms with van der Waals surface area (Å²) in [7, 11) is 1.62. The van der Waals surface area contributed by atoms with Gasteiger partial charge in [-0.25, -0.2) is 0 Å². The quantitative estimate of drug-likeness (QED) is 0.583. The summed E-state index contributed by atoms with van der Waals surface area (Å²) in [6, 6.07) is 18.0. The summed E-state index contributed by atoms with van der Waals surface area (Å²) in [4.78, 5) is 15.2. The molecule has 1 saturated heterocycles. The predicted octanol–water partition coefficient (Wildman–Crippen LogP) is 4.48. The molecule has 1 atom stereocenters. The van der Waals surface area contributed by atoms with Crippen molar-refractivity contribution in [3.8, 4) is 17.1 Å². The monoisotopic (exact) mass is 419 g/mol. The highest BCUT2D eigenvalue weighted by Crippen LogP contribution is 2.26. The highest BCUT2D eigenvalue weighted by atomic mass is 16.5. The van der Waals surface area contributed by atoms with Crippen LogP contribution in [0.4, 0.5) is 0 Å². The van der Waals surface area contributed by atoms with Crippen LogP contribution in [-0.4, -0.2) is 42.7 Å². The van der Waals surface area contributed by atoms with Crippen molar-refractivity contribution in [3.05, 3.63) is 71.4 Å². The van der Waals surface area contributed by atoms with Crippen molar-refractivity contribution in [1.29, 1.82) is 0 Å². The molecule has 1 aliphatic heterocycles. The van der Waals surface area contributed by atoms with E-state index in [-0.39, 0.29) is 17.6 Å². The summed E-state index contributed by atoms with van der Waals surface area (Å²) >= 11 is 0. The van der Waals surface area contributed by atoms with Crippen molar-refractivity contribution in [2.24, 2.45) is 0 Å².